The molecule has 1 aromatic heterocycles. The highest BCUT2D eigenvalue weighted by atomic mass is 19.1. The molecule has 1 saturated heterocycles. The van der Waals surface area contributed by atoms with Crippen molar-refractivity contribution in [3.8, 4) is 17.1 Å². The first-order valence-electron chi connectivity index (χ1n) is 9.46. The third-order valence-corrected chi connectivity index (χ3v) is 4.53. The Bertz CT molecular complexity index is 1200. The molecule has 7 nitrogen and oxygen atoms in total. The van der Waals surface area contributed by atoms with E-state index in [9.17, 15) is 18.8 Å². The Balaban J connectivity index is 1.63. The van der Waals surface area contributed by atoms with Crippen LogP contribution in [-0.2, 0) is 9.59 Å². The van der Waals surface area contributed by atoms with Crippen LogP contribution in [0.5, 0.6) is 5.75 Å². The maximum atomic E-state index is 13.4. The van der Waals surface area contributed by atoms with E-state index in [2.05, 4.69) is 5.32 Å². The maximum Gasteiger partial charge on any atom is 0.335 e. The van der Waals surface area contributed by atoms with Gasteiger partial charge in [-0.2, -0.15) is 0 Å². The number of imide groups is 2. The second-order valence-electron chi connectivity index (χ2n) is 6.60. The highest BCUT2D eigenvalue weighted by Crippen LogP contribution is 2.27. The highest BCUT2D eigenvalue weighted by Gasteiger charge is 2.37. The smallest absolute Gasteiger partial charge is 0.335 e. The minimum Gasteiger partial charge on any atom is -0.494 e. The molecule has 156 valence electrons. The topological polar surface area (TPSA) is 88.8 Å². The van der Waals surface area contributed by atoms with Gasteiger partial charge in [0.05, 0.1) is 12.3 Å². The first-order chi connectivity index (χ1) is 15.0. The van der Waals surface area contributed by atoms with Crippen LogP contribution in [0.4, 0.5) is 14.9 Å². The Morgan fingerprint density at radius 1 is 1.06 bits per heavy atom. The molecule has 8 heteroatoms. The Hall–Kier alpha value is -4.20. The average Bonchev–Trinajstić information content (AvgIpc) is 3.21. The summed E-state index contributed by atoms with van der Waals surface area (Å²) < 4.78 is 24.4. The number of rotatable bonds is 5. The summed E-state index contributed by atoms with van der Waals surface area (Å²) in [5.41, 5.74) is 0.521. The van der Waals surface area contributed by atoms with Crippen molar-refractivity contribution in [1.29, 1.82) is 0 Å². The summed E-state index contributed by atoms with van der Waals surface area (Å²) in [6.45, 7) is 2.32. The molecular weight excluding hydrogens is 403 g/mol. The van der Waals surface area contributed by atoms with E-state index in [0.29, 0.717) is 23.7 Å². The van der Waals surface area contributed by atoms with E-state index in [4.69, 9.17) is 9.15 Å². The highest BCUT2D eigenvalue weighted by molar-refractivity contribution is 6.39. The van der Waals surface area contributed by atoms with Crippen molar-refractivity contribution in [3.63, 3.8) is 0 Å². The minimum absolute atomic E-state index is 0.207. The Labute approximate surface area is 176 Å². The summed E-state index contributed by atoms with van der Waals surface area (Å²) in [7, 11) is 0. The molecule has 3 aromatic rings. The van der Waals surface area contributed by atoms with Gasteiger partial charge in [0.15, 0.2) is 0 Å². The van der Waals surface area contributed by atoms with Gasteiger partial charge in [0, 0.05) is 5.56 Å². The number of nitrogens with one attached hydrogen (secondary N) is 1. The lowest BCUT2D eigenvalue weighted by Crippen LogP contribution is -2.54. The molecule has 0 saturated carbocycles. The number of anilines is 1. The summed E-state index contributed by atoms with van der Waals surface area (Å²) in [6, 6.07) is 14.5. The van der Waals surface area contributed by atoms with Crippen LogP contribution in [0.25, 0.3) is 17.4 Å². The number of halogens is 1. The molecule has 1 N–H and O–H groups in total. The van der Waals surface area contributed by atoms with E-state index in [-0.39, 0.29) is 17.0 Å². The molecule has 0 bridgehead atoms. The number of ether oxygens (including phenoxy) is 1. The zero-order chi connectivity index (χ0) is 22.0. The third kappa shape index (κ3) is 4.09. The van der Waals surface area contributed by atoms with Gasteiger partial charge < -0.3 is 9.15 Å². The summed E-state index contributed by atoms with van der Waals surface area (Å²) >= 11 is 0. The maximum absolute atomic E-state index is 13.4. The Morgan fingerprint density at radius 2 is 1.84 bits per heavy atom. The van der Waals surface area contributed by atoms with Gasteiger partial charge in [-0.05, 0) is 61.5 Å². The van der Waals surface area contributed by atoms with Crippen LogP contribution in [0.1, 0.15) is 12.7 Å². The van der Waals surface area contributed by atoms with E-state index in [1.54, 1.807) is 48.5 Å². The number of benzene rings is 2. The predicted octanol–water partition coefficient (Wildman–Crippen LogP) is 4.15. The van der Waals surface area contributed by atoms with Gasteiger partial charge in [0.2, 0.25) is 0 Å². The number of carbonyl (C=O) groups excluding carboxylic acids is 3. The van der Waals surface area contributed by atoms with Crippen molar-refractivity contribution in [3.05, 3.63) is 77.8 Å². The number of hydrogen-bond donors (Lipinski definition) is 1. The van der Waals surface area contributed by atoms with Gasteiger partial charge in [-0.15, -0.1) is 0 Å². The molecule has 1 fully saturated rings. The number of nitrogens with zero attached hydrogens (tertiary/aromatic N) is 1. The third-order valence-electron chi connectivity index (χ3n) is 4.53. The number of barbiturate groups is 1. The van der Waals surface area contributed by atoms with Gasteiger partial charge in [0.1, 0.15) is 28.7 Å². The number of amides is 4. The summed E-state index contributed by atoms with van der Waals surface area (Å²) in [6.07, 6.45) is 1.24. The van der Waals surface area contributed by atoms with Crippen LogP contribution < -0.4 is 15.0 Å². The van der Waals surface area contributed by atoms with E-state index in [0.717, 1.165) is 4.90 Å². The fourth-order valence-electron chi connectivity index (χ4n) is 3.12. The molecule has 4 amide bonds. The van der Waals surface area contributed by atoms with Gasteiger partial charge in [0.25, 0.3) is 11.8 Å². The van der Waals surface area contributed by atoms with Gasteiger partial charge in [-0.3, -0.25) is 14.9 Å². The SMILES string of the molecule is CCOc1ccc(N2C(=O)NC(=O)/C(=C\c3ccc(-c4cccc(F)c4)o3)C2=O)cc1. The molecule has 4 rings (SSSR count). The molecule has 1 aliphatic rings. The molecule has 2 heterocycles. The average molecular weight is 420 g/mol. The predicted molar refractivity (Wildman–Crippen MR) is 111 cm³/mol. The second-order valence-corrected chi connectivity index (χ2v) is 6.60. The van der Waals surface area contributed by atoms with Gasteiger partial charge in [-0.25, -0.2) is 14.1 Å². The van der Waals surface area contributed by atoms with Gasteiger partial charge >= 0.3 is 6.03 Å². The summed E-state index contributed by atoms with van der Waals surface area (Å²) in [4.78, 5) is 38.4. The van der Waals surface area contributed by atoms with Crippen LogP contribution in [0, 0.1) is 5.82 Å². The van der Waals surface area contributed by atoms with Crippen LogP contribution in [-0.4, -0.2) is 24.5 Å². The van der Waals surface area contributed by atoms with E-state index in [1.807, 2.05) is 6.92 Å². The minimum atomic E-state index is -0.851. The molecule has 2 aromatic carbocycles. The molecule has 31 heavy (non-hydrogen) atoms. The van der Waals surface area contributed by atoms with E-state index >= 15 is 0 Å². The summed E-state index contributed by atoms with van der Waals surface area (Å²) in [5, 5.41) is 2.15. The lowest BCUT2D eigenvalue weighted by atomic mass is 10.1. The molecule has 0 aliphatic carbocycles. The monoisotopic (exact) mass is 420 g/mol. The first-order valence-corrected chi connectivity index (χ1v) is 9.46. The Morgan fingerprint density at radius 3 is 2.55 bits per heavy atom. The van der Waals surface area contributed by atoms with Crippen molar-refractivity contribution < 1.29 is 27.9 Å². The van der Waals surface area contributed by atoms with Crippen LogP contribution >= 0.6 is 0 Å². The molecular formula is C23H17FN2O5. The molecule has 0 spiro atoms. The van der Waals surface area contributed by atoms with Crippen LogP contribution in [0.2, 0.25) is 0 Å². The standard InChI is InChI=1S/C23H17FN2O5/c1-2-30-17-8-6-16(7-9-17)26-22(28)19(21(27)25-23(26)29)13-18-10-11-20(31-18)14-4-3-5-15(24)12-14/h3-13H,2H2,1H3,(H,25,27,29)/b19-13+. The van der Waals surface area contributed by atoms with Crippen LogP contribution in [0.15, 0.2) is 70.7 Å². The Kier molecular flexibility index (Phi) is 5.36. The zero-order valence-corrected chi connectivity index (χ0v) is 16.4. The van der Waals surface area contributed by atoms with Crippen molar-refractivity contribution in [2.24, 2.45) is 0 Å². The van der Waals surface area contributed by atoms with E-state index < -0.39 is 23.7 Å². The lowest BCUT2D eigenvalue weighted by Gasteiger charge is -2.26. The van der Waals surface area contributed by atoms with E-state index in [1.165, 1.54) is 18.2 Å². The zero-order valence-electron chi connectivity index (χ0n) is 16.4. The van der Waals surface area contributed by atoms with Crippen molar-refractivity contribution >= 4 is 29.6 Å². The van der Waals surface area contributed by atoms with Gasteiger partial charge in [-0.1, -0.05) is 12.1 Å². The number of urea groups is 1. The largest absolute Gasteiger partial charge is 0.494 e. The van der Waals surface area contributed by atoms with Crippen molar-refractivity contribution in [1.82, 2.24) is 5.32 Å². The number of carbonyl (C=O) groups is 3. The molecule has 1 aliphatic heterocycles. The van der Waals surface area contributed by atoms with Crippen molar-refractivity contribution in [2.45, 2.75) is 6.92 Å². The number of hydrogen-bond acceptors (Lipinski definition) is 5. The number of furan rings is 1. The first kappa shape index (κ1) is 20.1. The lowest BCUT2D eigenvalue weighted by molar-refractivity contribution is -0.122. The molecule has 0 atom stereocenters. The fourth-order valence-corrected chi connectivity index (χ4v) is 3.12. The van der Waals surface area contributed by atoms with Crippen LogP contribution in [0.3, 0.4) is 0 Å². The fraction of sp³-hybridized carbons (Fsp3) is 0.0870. The molecule has 0 radical (unpaired) electrons. The molecule has 0 unspecified atom stereocenters. The second kappa shape index (κ2) is 8.27. The quantitative estimate of drug-likeness (QED) is 0.495. The van der Waals surface area contributed by atoms with Crippen molar-refractivity contribution in [2.75, 3.05) is 11.5 Å². The normalized spacial score (nSPS) is 15.4. The summed E-state index contributed by atoms with van der Waals surface area (Å²) in [5.74, 6) is -0.876.